The highest BCUT2D eigenvalue weighted by atomic mass is 33.1. The summed E-state index contributed by atoms with van der Waals surface area (Å²) in [5.74, 6) is -2.68. The SMILES string of the molecule is Fc1ccc(SSCC(F)(F)F)c(F)c1. The predicted molar refractivity (Wildman–Crippen MR) is 50.7 cm³/mol. The van der Waals surface area contributed by atoms with E-state index < -0.39 is 23.6 Å². The van der Waals surface area contributed by atoms with E-state index in [2.05, 4.69) is 0 Å². The monoisotopic (exact) mass is 260 g/mol. The van der Waals surface area contributed by atoms with Gasteiger partial charge in [0.15, 0.2) is 0 Å². The number of hydrogen-bond donors (Lipinski definition) is 0. The smallest absolute Gasteiger partial charge is 0.207 e. The maximum absolute atomic E-state index is 12.9. The number of benzene rings is 1. The highest BCUT2D eigenvalue weighted by molar-refractivity contribution is 8.76. The van der Waals surface area contributed by atoms with Crippen molar-refractivity contribution in [3.05, 3.63) is 29.8 Å². The minimum absolute atomic E-state index is 0.00866. The molecule has 0 aromatic heterocycles. The van der Waals surface area contributed by atoms with E-state index in [9.17, 15) is 22.0 Å². The van der Waals surface area contributed by atoms with Gasteiger partial charge in [-0.15, -0.1) is 0 Å². The summed E-state index contributed by atoms with van der Waals surface area (Å²) < 4.78 is 60.5. The van der Waals surface area contributed by atoms with Crippen LogP contribution in [-0.2, 0) is 0 Å². The van der Waals surface area contributed by atoms with Crippen molar-refractivity contribution in [2.45, 2.75) is 11.1 Å². The average Bonchev–Trinajstić information content (AvgIpc) is 2.07. The Balaban J connectivity index is 2.51. The standard InChI is InChI=1S/C8H5F5S2/c9-5-1-2-7(6(10)3-5)15-14-4-8(11,12)13/h1-3H,4H2. The van der Waals surface area contributed by atoms with Gasteiger partial charge >= 0.3 is 6.18 Å². The van der Waals surface area contributed by atoms with Crippen LogP contribution in [0.25, 0.3) is 0 Å². The van der Waals surface area contributed by atoms with E-state index >= 15 is 0 Å². The molecule has 0 saturated heterocycles. The highest BCUT2D eigenvalue weighted by Gasteiger charge is 2.27. The van der Waals surface area contributed by atoms with E-state index in [1.165, 1.54) is 0 Å². The molecular formula is C8H5F5S2. The number of alkyl halides is 3. The predicted octanol–water partition coefficient (Wildman–Crippen LogP) is 4.27. The van der Waals surface area contributed by atoms with Gasteiger partial charge in [0.1, 0.15) is 17.4 Å². The normalized spacial score (nSPS) is 11.8. The molecule has 0 aliphatic rings. The third-order valence-electron chi connectivity index (χ3n) is 1.27. The van der Waals surface area contributed by atoms with Crippen LogP contribution in [0.1, 0.15) is 0 Å². The Morgan fingerprint density at radius 3 is 2.33 bits per heavy atom. The van der Waals surface area contributed by atoms with Gasteiger partial charge in [0.05, 0.1) is 4.90 Å². The molecule has 1 aromatic rings. The molecule has 0 N–H and O–H groups in total. The fraction of sp³-hybridized carbons (Fsp3) is 0.250. The lowest BCUT2D eigenvalue weighted by Crippen LogP contribution is -2.09. The van der Waals surface area contributed by atoms with Gasteiger partial charge in [-0.25, -0.2) is 8.78 Å². The lowest BCUT2D eigenvalue weighted by molar-refractivity contribution is -0.104. The Labute approximate surface area is 90.6 Å². The van der Waals surface area contributed by atoms with E-state index in [1.54, 1.807) is 0 Å². The quantitative estimate of drug-likeness (QED) is 0.588. The first-order chi connectivity index (χ1) is 6.88. The zero-order valence-corrected chi connectivity index (χ0v) is 8.78. The second kappa shape index (κ2) is 5.07. The van der Waals surface area contributed by atoms with Crippen molar-refractivity contribution in [2.24, 2.45) is 0 Å². The fourth-order valence-electron chi connectivity index (χ4n) is 0.703. The zero-order valence-electron chi connectivity index (χ0n) is 7.15. The van der Waals surface area contributed by atoms with Crippen LogP contribution in [0.5, 0.6) is 0 Å². The molecule has 84 valence electrons. The van der Waals surface area contributed by atoms with Gasteiger partial charge in [-0.05, 0) is 12.1 Å². The van der Waals surface area contributed by atoms with Crippen molar-refractivity contribution in [3.8, 4) is 0 Å². The molecule has 0 heterocycles. The van der Waals surface area contributed by atoms with Gasteiger partial charge < -0.3 is 0 Å². The van der Waals surface area contributed by atoms with Crippen molar-refractivity contribution in [3.63, 3.8) is 0 Å². The van der Waals surface area contributed by atoms with Crippen molar-refractivity contribution >= 4 is 21.6 Å². The van der Waals surface area contributed by atoms with Crippen LogP contribution >= 0.6 is 21.6 Å². The highest BCUT2D eigenvalue weighted by Crippen LogP contribution is 2.36. The molecule has 7 heteroatoms. The first kappa shape index (κ1) is 12.6. The first-order valence-corrected chi connectivity index (χ1v) is 6.01. The van der Waals surface area contributed by atoms with Crippen LogP contribution in [0.2, 0.25) is 0 Å². The largest absolute Gasteiger partial charge is 0.398 e. The molecule has 1 aromatic carbocycles. The number of rotatable bonds is 3. The summed E-state index contributed by atoms with van der Waals surface area (Å²) in [4.78, 5) is -0.00866. The molecule has 0 bridgehead atoms. The summed E-state index contributed by atoms with van der Waals surface area (Å²) in [6.45, 7) is 0. The van der Waals surface area contributed by atoms with Crippen LogP contribution in [0, 0.1) is 11.6 Å². The van der Waals surface area contributed by atoms with Crippen molar-refractivity contribution in [1.29, 1.82) is 0 Å². The lowest BCUT2D eigenvalue weighted by Gasteiger charge is -2.05. The molecule has 0 spiro atoms. The second-order valence-corrected chi connectivity index (χ2v) is 4.87. The summed E-state index contributed by atoms with van der Waals surface area (Å²) in [5, 5.41) is 0. The van der Waals surface area contributed by atoms with Crippen LogP contribution in [0.3, 0.4) is 0 Å². The second-order valence-electron chi connectivity index (χ2n) is 2.54. The third kappa shape index (κ3) is 4.74. The average molecular weight is 260 g/mol. The molecule has 0 atom stereocenters. The summed E-state index contributed by atoms with van der Waals surface area (Å²) >= 11 is 0. The van der Waals surface area contributed by atoms with E-state index in [4.69, 9.17) is 0 Å². The molecule has 0 fully saturated rings. The number of halogens is 5. The molecular weight excluding hydrogens is 255 g/mol. The Morgan fingerprint density at radius 1 is 1.13 bits per heavy atom. The maximum atomic E-state index is 12.9. The molecule has 0 aliphatic carbocycles. The van der Waals surface area contributed by atoms with Crippen molar-refractivity contribution < 1.29 is 22.0 Å². The van der Waals surface area contributed by atoms with Crippen LogP contribution < -0.4 is 0 Å². The Bertz CT molecular complexity index is 336. The molecule has 0 amide bonds. The van der Waals surface area contributed by atoms with E-state index in [0.717, 1.165) is 12.1 Å². The van der Waals surface area contributed by atoms with E-state index in [0.29, 0.717) is 27.7 Å². The molecule has 0 nitrogen and oxygen atoms in total. The van der Waals surface area contributed by atoms with E-state index in [-0.39, 0.29) is 4.90 Å². The lowest BCUT2D eigenvalue weighted by atomic mass is 10.3. The first-order valence-electron chi connectivity index (χ1n) is 3.70. The van der Waals surface area contributed by atoms with Gasteiger partial charge in [-0.3, -0.25) is 0 Å². The van der Waals surface area contributed by atoms with Crippen LogP contribution in [0.4, 0.5) is 22.0 Å². The molecule has 0 radical (unpaired) electrons. The number of hydrogen-bond acceptors (Lipinski definition) is 2. The third-order valence-corrected chi connectivity index (χ3v) is 3.58. The zero-order chi connectivity index (χ0) is 11.5. The van der Waals surface area contributed by atoms with Gasteiger partial charge in [-0.2, -0.15) is 13.2 Å². The Morgan fingerprint density at radius 2 is 1.80 bits per heavy atom. The van der Waals surface area contributed by atoms with E-state index in [1.807, 2.05) is 0 Å². The molecule has 0 saturated carbocycles. The van der Waals surface area contributed by atoms with Crippen LogP contribution in [0.15, 0.2) is 23.1 Å². The topological polar surface area (TPSA) is 0 Å². The minimum Gasteiger partial charge on any atom is -0.207 e. The van der Waals surface area contributed by atoms with Gasteiger partial charge in [0.25, 0.3) is 0 Å². The Hall–Kier alpha value is -0.430. The Kier molecular flexibility index (Phi) is 4.27. The fourth-order valence-corrected chi connectivity index (χ4v) is 2.65. The van der Waals surface area contributed by atoms with Crippen LogP contribution in [-0.4, -0.2) is 11.9 Å². The molecule has 1 rings (SSSR count). The van der Waals surface area contributed by atoms with Gasteiger partial charge in [0, 0.05) is 6.07 Å². The summed E-state index contributed by atoms with van der Waals surface area (Å²) in [7, 11) is 1.10. The summed E-state index contributed by atoms with van der Waals surface area (Å²) in [6, 6.07) is 2.74. The summed E-state index contributed by atoms with van der Waals surface area (Å²) in [5.41, 5.74) is 0. The summed E-state index contributed by atoms with van der Waals surface area (Å²) in [6.07, 6.45) is -4.28. The minimum atomic E-state index is -4.28. The van der Waals surface area contributed by atoms with Gasteiger partial charge in [-0.1, -0.05) is 21.6 Å². The van der Waals surface area contributed by atoms with Crippen molar-refractivity contribution in [1.82, 2.24) is 0 Å². The molecule has 0 aliphatic heterocycles. The maximum Gasteiger partial charge on any atom is 0.398 e. The molecule has 0 unspecified atom stereocenters. The van der Waals surface area contributed by atoms with Gasteiger partial charge in [0.2, 0.25) is 0 Å². The molecule has 15 heavy (non-hydrogen) atoms. The van der Waals surface area contributed by atoms with Crippen molar-refractivity contribution in [2.75, 3.05) is 5.75 Å².